The molecule has 3 spiro atoms. The normalized spacial score (nSPS) is 50.7. The maximum atomic E-state index is 11.0. The lowest BCUT2D eigenvalue weighted by atomic mass is 9.47. The third kappa shape index (κ3) is 5.37. The maximum absolute atomic E-state index is 11.0. The third-order valence-electron chi connectivity index (χ3n) is 15.9. The fraction of sp³-hybridized carbons (Fsp3) is 0.905. The van der Waals surface area contributed by atoms with Crippen molar-refractivity contribution < 1.29 is 29.5 Å². The minimum absolute atomic E-state index is 0.153. The summed E-state index contributed by atoms with van der Waals surface area (Å²) in [7, 11) is 0. The van der Waals surface area contributed by atoms with Crippen LogP contribution in [0.1, 0.15) is 140 Å². The van der Waals surface area contributed by atoms with Gasteiger partial charge in [-0.1, -0.05) is 55.4 Å². The second-order valence-corrected chi connectivity index (χ2v) is 17.6. The molecule has 0 amide bonds. The highest BCUT2D eigenvalue weighted by molar-refractivity contribution is 5.35. The van der Waals surface area contributed by atoms with E-state index in [1.807, 2.05) is 27.7 Å². The summed E-state index contributed by atoms with van der Waals surface area (Å²) in [5.74, 6) is 5.22. The predicted octanol–water partition coefficient (Wildman–Crippen LogP) is 8.27. The summed E-state index contributed by atoms with van der Waals surface area (Å²) < 4.78 is 19.4. The van der Waals surface area contributed by atoms with Crippen LogP contribution in [0.15, 0.2) is 11.3 Å². The summed E-state index contributed by atoms with van der Waals surface area (Å²) in [5, 5.41) is 31.1. The molecule has 48 heavy (non-hydrogen) atoms. The molecule has 2 heterocycles. The first-order valence-corrected chi connectivity index (χ1v) is 19.8. The van der Waals surface area contributed by atoms with E-state index < -0.39 is 24.1 Å². The zero-order valence-corrected chi connectivity index (χ0v) is 32.1. The Bertz CT molecular complexity index is 1200. The number of aliphatic hydroxyl groups excluding tert-OH is 2. The number of allylic oxidation sites excluding steroid dienone is 2. The summed E-state index contributed by atoms with van der Waals surface area (Å²) >= 11 is 0. The first-order valence-electron chi connectivity index (χ1n) is 19.8. The molecule has 7 rings (SSSR count). The van der Waals surface area contributed by atoms with Gasteiger partial charge in [0.05, 0.1) is 30.2 Å². The molecule has 1 saturated heterocycles. The number of rotatable bonds is 6. The minimum atomic E-state index is -0.805. The molecule has 5 aliphatic carbocycles. The molecule has 274 valence electrons. The van der Waals surface area contributed by atoms with Crippen molar-refractivity contribution in [2.24, 2.45) is 57.7 Å². The summed E-state index contributed by atoms with van der Waals surface area (Å²) in [6, 6.07) is 0. The van der Waals surface area contributed by atoms with E-state index in [2.05, 4.69) is 54.4 Å². The van der Waals surface area contributed by atoms with Gasteiger partial charge in [0.2, 0.25) is 0 Å². The lowest BCUT2D eigenvalue weighted by Crippen LogP contribution is -2.52. The van der Waals surface area contributed by atoms with E-state index in [9.17, 15) is 15.3 Å². The first-order chi connectivity index (χ1) is 22.7. The Morgan fingerprint density at radius 1 is 0.896 bits per heavy atom. The number of aliphatic hydroxyl groups is 3. The Balaban J connectivity index is 0.00000109. The van der Waals surface area contributed by atoms with Gasteiger partial charge in [-0.2, -0.15) is 0 Å². The molecule has 7 unspecified atom stereocenters. The zero-order valence-electron chi connectivity index (χ0n) is 32.1. The van der Waals surface area contributed by atoms with Gasteiger partial charge in [-0.15, -0.1) is 12.8 Å². The molecule has 6 heteroatoms. The van der Waals surface area contributed by atoms with Crippen LogP contribution in [0.3, 0.4) is 0 Å². The average molecular weight is 671 g/mol. The summed E-state index contributed by atoms with van der Waals surface area (Å²) in [6.07, 6.45) is 18.4. The van der Waals surface area contributed by atoms with Crippen molar-refractivity contribution >= 4 is 0 Å². The highest BCUT2D eigenvalue weighted by atomic mass is 16.7. The van der Waals surface area contributed by atoms with E-state index >= 15 is 0 Å². The fourth-order valence-corrected chi connectivity index (χ4v) is 13.7. The summed E-state index contributed by atoms with van der Waals surface area (Å²) in [4.78, 5) is 0. The predicted molar refractivity (Wildman–Crippen MR) is 192 cm³/mol. The molecular weight excluding hydrogens is 600 g/mol. The quantitative estimate of drug-likeness (QED) is 0.195. The second kappa shape index (κ2) is 13.5. The van der Waals surface area contributed by atoms with Crippen molar-refractivity contribution in [1.82, 2.24) is 0 Å². The summed E-state index contributed by atoms with van der Waals surface area (Å²) in [5.41, 5.74) is 1.81. The zero-order chi connectivity index (χ0) is 35.6. The number of terminal acetylenes is 1. The van der Waals surface area contributed by atoms with Crippen LogP contribution in [0.4, 0.5) is 0 Å². The smallest absolute Gasteiger partial charge is 0.160 e. The monoisotopic (exact) mass is 671 g/mol. The van der Waals surface area contributed by atoms with Gasteiger partial charge in [-0.3, -0.25) is 0 Å². The van der Waals surface area contributed by atoms with E-state index in [0.717, 1.165) is 43.9 Å². The summed E-state index contributed by atoms with van der Waals surface area (Å²) in [6.45, 7) is 22.9. The van der Waals surface area contributed by atoms with Crippen LogP contribution in [-0.2, 0) is 14.2 Å². The van der Waals surface area contributed by atoms with Crippen molar-refractivity contribution in [3.05, 3.63) is 11.3 Å². The van der Waals surface area contributed by atoms with Crippen molar-refractivity contribution in [3.8, 4) is 12.8 Å². The topological polar surface area (TPSA) is 88.4 Å². The molecule has 6 nitrogen and oxygen atoms in total. The minimum Gasteiger partial charge on any atom is -0.491 e. The number of ether oxygens (including phenoxy) is 3. The molecule has 5 saturated carbocycles. The molecule has 0 bridgehead atoms. The van der Waals surface area contributed by atoms with Gasteiger partial charge in [0.1, 0.15) is 11.7 Å². The molecule has 2 aliphatic heterocycles. The Kier molecular flexibility index (Phi) is 10.7. The van der Waals surface area contributed by atoms with Crippen LogP contribution >= 0.6 is 0 Å². The molecule has 0 aromatic heterocycles. The Labute approximate surface area is 293 Å². The number of hydrogen-bond acceptors (Lipinski definition) is 6. The van der Waals surface area contributed by atoms with E-state index in [0.29, 0.717) is 40.9 Å². The van der Waals surface area contributed by atoms with Crippen molar-refractivity contribution in [2.45, 2.75) is 176 Å². The SMILES string of the molecule is C#C.CC.CCCC1=C([C@@]2(C)CC[C@@]34[C@H](C)C35CC[C@H](OC3C[C@@H](O)[C@@H](O)CO3)C(C)C5CC[C@H]4C2C)CC[C@]2(O1)C(C)C2C(C)(C)O. The van der Waals surface area contributed by atoms with Crippen molar-refractivity contribution in [2.75, 3.05) is 6.61 Å². The van der Waals surface area contributed by atoms with Gasteiger partial charge in [-0.05, 0) is 123 Å². The molecule has 15 atom stereocenters. The van der Waals surface area contributed by atoms with Crippen LogP contribution in [0, 0.1) is 70.5 Å². The molecule has 0 aromatic carbocycles. The Hall–Kier alpha value is -1.10. The Morgan fingerprint density at radius 2 is 1.54 bits per heavy atom. The second-order valence-electron chi connectivity index (χ2n) is 17.6. The lowest BCUT2D eigenvalue weighted by molar-refractivity contribution is -0.250. The lowest BCUT2D eigenvalue weighted by Gasteiger charge is -2.58. The van der Waals surface area contributed by atoms with E-state index in [-0.39, 0.29) is 29.6 Å². The Morgan fingerprint density at radius 3 is 2.15 bits per heavy atom. The largest absolute Gasteiger partial charge is 0.491 e. The van der Waals surface area contributed by atoms with Gasteiger partial charge in [0, 0.05) is 24.7 Å². The van der Waals surface area contributed by atoms with E-state index in [1.54, 1.807) is 5.57 Å². The van der Waals surface area contributed by atoms with Crippen LogP contribution in [-0.4, -0.2) is 57.7 Å². The van der Waals surface area contributed by atoms with Crippen molar-refractivity contribution in [3.63, 3.8) is 0 Å². The van der Waals surface area contributed by atoms with Crippen LogP contribution < -0.4 is 0 Å². The van der Waals surface area contributed by atoms with Crippen molar-refractivity contribution in [1.29, 1.82) is 0 Å². The molecule has 7 aliphatic rings. The molecular formula is C42H70O6. The first kappa shape index (κ1) is 38.1. The number of hydrogen-bond donors (Lipinski definition) is 3. The van der Waals surface area contributed by atoms with Gasteiger partial charge in [0.25, 0.3) is 0 Å². The highest BCUT2D eigenvalue weighted by Crippen LogP contribution is 2.88. The standard InChI is InChI=1S/C38H62O6.C2H6.C2H2/c1-9-10-31-27(13-16-38(44-31)23(4)33(38)34(6,7)41)35(8)17-18-37-24(5)36(37)15-14-30(43-32-19-28(39)29(40)20-42-32)21(2)25(36)11-12-26(37)22(35)3;2*1-2/h21-26,28-30,32-33,39-41H,9-20H2,1-8H3;1-2H3;1-2H/t21?,22?,23?,24-,25?,26+,28-,29+,30+,32?,33?,35+,36?,37+,38+;;/m1../s1. The molecule has 0 radical (unpaired) electrons. The fourth-order valence-electron chi connectivity index (χ4n) is 13.7. The van der Waals surface area contributed by atoms with Gasteiger partial charge in [0.15, 0.2) is 6.29 Å². The average Bonchev–Trinajstić information content (AvgIpc) is 3.84. The van der Waals surface area contributed by atoms with Crippen LogP contribution in [0.2, 0.25) is 0 Å². The van der Waals surface area contributed by atoms with Crippen LogP contribution in [0.5, 0.6) is 0 Å². The van der Waals surface area contributed by atoms with Gasteiger partial charge < -0.3 is 29.5 Å². The molecule has 6 fully saturated rings. The maximum Gasteiger partial charge on any atom is 0.160 e. The molecule has 0 aromatic rings. The van der Waals surface area contributed by atoms with Gasteiger partial charge >= 0.3 is 0 Å². The van der Waals surface area contributed by atoms with E-state index in [4.69, 9.17) is 14.2 Å². The molecule has 3 N–H and O–H groups in total. The van der Waals surface area contributed by atoms with Gasteiger partial charge in [-0.25, -0.2) is 0 Å². The van der Waals surface area contributed by atoms with Crippen LogP contribution in [0.25, 0.3) is 0 Å². The van der Waals surface area contributed by atoms with E-state index in [1.165, 1.54) is 37.9 Å². The highest BCUT2D eigenvalue weighted by Gasteiger charge is 2.82. The third-order valence-corrected chi connectivity index (χ3v) is 15.9.